The highest BCUT2D eigenvalue weighted by atomic mass is 16.5. The average molecular weight is 275 g/mol. The van der Waals surface area contributed by atoms with Crippen LogP contribution in [0.25, 0.3) is 0 Å². The van der Waals surface area contributed by atoms with Crippen LogP contribution < -0.4 is 10.1 Å². The standard InChI is InChI=1S/C18H29NO/c1-5-15(4)20-17-11-7-10-16(12-17)19-18-13(2)8-6-9-14(18)3/h7,10-15,18-19H,5-6,8-9H2,1-4H3. The van der Waals surface area contributed by atoms with Crippen molar-refractivity contribution < 1.29 is 4.74 Å². The van der Waals surface area contributed by atoms with Crippen LogP contribution >= 0.6 is 0 Å². The van der Waals surface area contributed by atoms with Crippen LogP contribution in [0.2, 0.25) is 0 Å². The minimum absolute atomic E-state index is 0.276. The highest BCUT2D eigenvalue weighted by Gasteiger charge is 2.27. The van der Waals surface area contributed by atoms with E-state index < -0.39 is 0 Å². The molecule has 0 heterocycles. The van der Waals surface area contributed by atoms with Crippen molar-refractivity contribution in [3.05, 3.63) is 24.3 Å². The van der Waals surface area contributed by atoms with E-state index in [-0.39, 0.29) is 6.10 Å². The van der Waals surface area contributed by atoms with Gasteiger partial charge in [0.25, 0.3) is 0 Å². The van der Waals surface area contributed by atoms with Gasteiger partial charge in [0.15, 0.2) is 0 Å². The Balaban J connectivity index is 2.03. The minimum atomic E-state index is 0.276. The van der Waals surface area contributed by atoms with Crippen molar-refractivity contribution >= 4 is 5.69 Å². The van der Waals surface area contributed by atoms with E-state index >= 15 is 0 Å². The molecule has 3 atom stereocenters. The van der Waals surface area contributed by atoms with Crippen molar-refractivity contribution in [3.8, 4) is 5.75 Å². The lowest BCUT2D eigenvalue weighted by Gasteiger charge is -2.36. The molecule has 1 aromatic rings. The lowest BCUT2D eigenvalue weighted by atomic mass is 9.78. The van der Waals surface area contributed by atoms with Gasteiger partial charge in [-0.3, -0.25) is 0 Å². The Kier molecular flexibility index (Phi) is 5.33. The molecule has 1 saturated carbocycles. The Morgan fingerprint density at radius 3 is 2.60 bits per heavy atom. The fourth-order valence-electron chi connectivity index (χ4n) is 3.13. The SMILES string of the molecule is CCC(C)Oc1cccc(NC2C(C)CCCC2C)c1. The third-order valence-corrected chi connectivity index (χ3v) is 4.62. The van der Waals surface area contributed by atoms with Crippen LogP contribution in [0.5, 0.6) is 5.75 Å². The number of rotatable bonds is 5. The second-order valence-electron chi connectivity index (χ2n) is 6.42. The largest absolute Gasteiger partial charge is 0.491 e. The summed E-state index contributed by atoms with van der Waals surface area (Å²) in [5.41, 5.74) is 1.19. The molecule has 0 amide bonds. The van der Waals surface area contributed by atoms with Crippen LogP contribution in [0.3, 0.4) is 0 Å². The quantitative estimate of drug-likeness (QED) is 0.807. The molecule has 1 aromatic carbocycles. The van der Waals surface area contributed by atoms with Crippen LogP contribution in [0.15, 0.2) is 24.3 Å². The number of hydrogen-bond donors (Lipinski definition) is 1. The highest BCUT2D eigenvalue weighted by Crippen LogP contribution is 2.32. The van der Waals surface area contributed by atoms with Gasteiger partial charge < -0.3 is 10.1 Å². The molecule has 0 spiro atoms. The maximum Gasteiger partial charge on any atom is 0.121 e. The normalized spacial score (nSPS) is 27.9. The zero-order valence-corrected chi connectivity index (χ0v) is 13.4. The molecule has 3 unspecified atom stereocenters. The molecule has 0 aliphatic heterocycles. The molecule has 112 valence electrons. The van der Waals surface area contributed by atoms with Crippen LogP contribution in [-0.4, -0.2) is 12.1 Å². The lowest BCUT2D eigenvalue weighted by Crippen LogP contribution is -2.37. The number of hydrogen-bond acceptors (Lipinski definition) is 2. The molecule has 2 heteroatoms. The lowest BCUT2D eigenvalue weighted by molar-refractivity contribution is 0.217. The molecule has 1 aliphatic carbocycles. The van der Waals surface area contributed by atoms with Crippen LogP contribution in [0.1, 0.15) is 53.4 Å². The van der Waals surface area contributed by atoms with Crippen molar-refractivity contribution in [2.75, 3.05) is 5.32 Å². The van der Waals surface area contributed by atoms with E-state index in [2.05, 4.69) is 51.2 Å². The van der Waals surface area contributed by atoms with Crippen molar-refractivity contribution in [3.63, 3.8) is 0 Å². The molecule has 2 rings (SSSR count). The molecule has 0 bridgehead atoms. The van der Waals surface area contributed by atoms with Gasteiger partial charge in [-0.25, -0.2) is 0 Å². The summed E-state index contributed by atoms with van der Waals surface area (Å²) in [6.45, 7) is 9.00. The molecule has 0 saturated heterocycles. The Hall–Kier alpha value is -1.18. The zero-order valence-electron chi connectivity index (χ0n) is 13.4. The van der Waals surface area contributed by atoms with E-state index in [1.165, 1.54) is 24.9 Å². The van der Waals surface area contributed by atoms with Crippen molar-refractivity contribution in [1.82, 2.24) is 0 Å². The second kappa shape index (κ2) is 7.01. The van der Waals surface area contributed by atoms with Crippen LogP contribution in [-0.2, 0) is 0 Å². The summed E-state index contributed by atoms with van der Waals surface area (Å²) < 4.78 is 5.91. The smallest absolute Gasteiger partial charge is 0.121 e. The van der Waals surface area contributed by atoms with Gasteiger partial charge in [-0.2, -0.15) is 0 Å². The summed E-state index contributed by atoms with van der Waals surface area (Å²) in [6, 6.07) is 9.00. The topological polar surface area (TPSA) is 21.3 Å². The van der Waals surface area contributed by atoms with Gasteiger partial charge >= 0.3 is 0 Å². The maximum absolute atomic E-state index is 5.91. The van der Waals surface area contributed by atoms with Crippen LogP contribution in [0, 0.1) is 11.8 Å². The number of ether oxygens (including phenoxy) is 1. The number of anilines is 1. The summed E-state index contributed by atoms with van der Waals surface area (Å²) >= 11 is 0. The van der Waals surface area contributed by atoms with E-state index in [1.54, 1.807) is 0 Å². The molecule has 20 heavy (non-hydrogen) atoms. The third-order valence-electron chi connectivity index (χ3n) is 4.62. The van der Waals surface area contributed by atoms with Gasteiger partial charge in [-0.05, 0) is 50.2 Å². The molecule has 2 nitrogen and oxygen atoms in total. The summed E-state index contributed by atoms with van der Waals surface area (Å²) in [5, 5.41) is 3.73. The van der Waals surface area contributed by atoms with E-state index in [9.17, 15) is 0 Å². The van der Waals surface area contributed by atoms with E-state index in [1.807, 2.05) is 6.07 Å². The maximum atomic E-state index is 5.91. The summed E-state index contributed by atoms with van der Waals surface area (Å²) in [7, 11) is 0. The Morgan fingerprint density at radius 2 is 1.95 bits per heavy atom. The summed E-state index contributed by atoms with van der Waals surface area (Å²) in [4.78, 5) is 0. The van der Waals surface area contributed by atoms with Crippen molar-refractivity contribution in [1.29, 1.82) is 0 Å². The van der Waals surface area contributed by atoms with Gasteiger partial charge in [0.05, 0.1) is 6.10 Å². The first-order valence-electron chi connectivity index (χ1n) is 8.13. The number of benzene rings is 1. The Bertz CT molecular complexity index is 408. The molecule has 0 radical (unpaired) electrons. The molecular formula is C18H29NO. The van der Waals surface area contributed by atoms with Gasteiger partial charge in [-0.15, -0.1) is 0 Å². The minimum Gasteiger partial charge on any atom is -0.491 e. The fourth-order valence-corrected chi connectivity index (χ4v) is 3.13. The first-order chi connectivity index (χ1) is 9.60. The Labute approximate surface area is 123 Å². The predicted octanol–water partition coefficient (Wildman–Crippen LogP) is 5.10. The Morgan fingerprint density at radius 1 is 1.25 bits per heavy atom. The first kappa shape index (κ1) is 15.2. The average Bonchev–Trinajstić information content (AvgIpc) is 2.43. The van der Waals surface area contributed by atoms with E-state index in [0.29, 0.717) is 6.04 Å². The predicted molar refractivity (Wildman–Crippen MR) is 86.4 cm³/mol. The van der Waals surface area contributed by atoms with Gasteiger partial charge in [0.2, 0.25) is 0 Å². The molecule has 1 N–H and O–H groups in total. The monoisotopic (exact) mass is 275 g/mol. The molecule has 0 aromatic heterocycles. The van der Waals surface area contributed by atoms with Crippen LogP contribution in [0.4, 0.5) is 5.69 Å². The highest BCUT2D eigenvalue weighted by molar-refractivity contribution is 5.49. The molecule has 1 aliphatic rings. The molecular weight excluding hydrogens is 246 g/mol. The zero-order chi connectivity index (χ0) is 14.5. The fraction of sp³-hybridized carbons (Fsp3) is 0.667. The van der Waals surface area contributed by atoms with Crippen molar-refractivity contribution in [2.24, 2.45) is 11.8 Å². The van der Waals surface area contributed by atoms with Gasteiger partial charge in [0.1, 0.15) is 5.75 Å². The van der Waals surface area contributed by atoms with Crippen molar-refractivity contribution in [2.45, 2.75) is 65.5 Å². The van der Waals surface area contributed by atoms with E-state index in [0.717, 1.165) is 24.0 Å². The first-order valence-corrected chi connectivity index (χ1v) is 8.13. The van der Waals surface area contributed by atoms with Gasteiger partial charge in [-0.1, -0.05) is 33.3 Å². The van der Waals surface area contributed by atoms with Gasteiger partial charge in [0, 0.05) is 17.8 Å². The summed E-state index contributed by atoms with van der Waals surface area (Å²) in [6.07, 6.45) is 5.36. The van der Waals surface area contributed by atoms with E-state index in [4.69, 9.17) is 4.74 Å². The summed E-state index contributed by atoms with van der Waals surface area (Å²) in [5.74, 6) is 2.47. The third kappa shape index (κ3) is 3.91. The number of nitrogens with one attached hydrogen (secondary N) is 1. The molecule has 1 fully saturated rings. The second-order valence-corrected chi connectivity index (χ2v) is 6.42.